The maximum atomic E-state index is 11.5. The maximum Gasteiger partial charge on any atom is 0.434 e. The summed E-state index contributed by atoms with van der Waals surface area (Å²) in [6.07, 6.45) is 1.46. The summed E-state index contributed by atoms with van der Waals surface area (Å²) in [7, 11) is 0. The van der Waals surface area contributed by atoms with Gasteiger partial charge in [0, 0.05) is 18.5 Å². The van der Waals surface area contributed by atoms with Crippen LogP contribution in [0.25, 0.3) is 0 Å². The molecule has 2 saturated heterocycles. The van der Waals surface area contributed by atoms with Crippen LogP contribution in [0.5, 0.6) is 0 Å². The molecule has 6 heteroatoms. The van der Waals surface area contributed by atoms with Gasteiger partial charge in [0.15, 0.2) is 0 Å². The van der Waals surface area contributed by atoms with Gasteiger partial charge in [-0.1, -0.05) is 12.7 Å². The predicted molar refractivity (Wildman–Crippen MR) is 60.1 cm³/mol. The highest BCUT2D eigenvalue weighted by molar-refractivity contribution is 5.66. The Kier molecular flexibility index (Phi) is 3.98. The van der Waals surface area contributed by atoms with E-state index in [0.29, 0.717) is 26.1 Å². The van der Waals surface area contributed by atoms with Gasteiger partial charge in [0.1, 0.15) is 6.61 Å². The Bertz CT molecular complexity index is 297. The van der Waals surface area contributed by atoms with Crippen molar-refractivity contribution < 1.29 is 19.5 Å². The first kappa shape index (κ1) is 12.3. The van der Waals surface area contributed by atoms with Gasteiger partial charge >= 0.3 is 6.09 Å². The molecule has 1 amide bonds. The first-order chi connectivity index (χ1) is 8.20. The number of ether oxygens (including phenoxy) is 1. The van der Waals surface area contributed by atoms with Crippen LogP contribution in [0, 0.1) is 5.92 Å². The third kappa shape index (κ3) is 2.96. The standard InChI is InChI=1S/C11H18N2O4/c1-2-3-16-11(15)13-6-8(7-17-13)10-4-9(14)5-12-10/h2,8-10,12,14H,1,3-7H2/t8-,9-,10+/m1/s1. The molecular formula is C11H18N2O4. The van der Waals surface area contributed by atoms with E-state index in [2.05, 4.69) is 11.9 Å². The molecule has 0 spiro atoms. The lowest BCUT2D eigenvalue weighted by Crippen LogP contribution is -2.35. The lowest BCUT2D eigenvalue weighted by Gasteiger charge is -2.16. The van der Waals surface area contributed by atoms with Crippen molar-refractivity contribution in [2.45, 2.75) is 18.6 Å². The average Bonchev–Trinajstić information content (AvgIpc) is 2.93. The third-order valence-corrected chi connectivity index (χ3v) is 3.08. The molecule has 2 aliphatic heterocycles. The summed E-state index contributed by atoms with van der Waals surface area (Å²) in [5.41, 5.74) is 0. The summed E-state index contributed by atoms with van der Waals surface area (Å²) in [4.78, 5) is 16.8. The van der Waals surface area contributed by atoms with Crippen LogP contribution in [-0.2, 0) is 9.57 Å². The van der Waals surface area contributed by atoms with Crippen molar-refractivity contribution in [1.82, 2.24) is 10.4 Å². The first-order valence-corrected chi connectivity index (χ1v) is 5.80. The number of carbonyl (C=O) groups excluding carboxylic acids is 1. The average molecular weight is 242 g/mol. The lowest BCUT2D eigenvalue weighted by atomic mass is 9.99. The molecule has 2 N–H and O–H groups in total. The van der Waals surface area contributed by atoms with Crippen LogP contribution >= 0.6 is 0 Å². The zero-order valence-corrected chi connectivity index (χ0v) is 9.67. The Morgan fingerprint density at radius 3 is 3.18 bits per heavy atom. The summed E-state index contributed by atoms with van der Waals surface area (Å²) >= 11 is 0. The van der Waals surface area contributed by atoms with Crippen molar-refractivity contribution in [3.63, 3.8) is 0 Å². The molecule has 96 valence electrons. The fourth-order valence-electron chi connectivity index (χ4n) is 2.18. The van der Waals surface area contributed by atoms with Crippen molar-refractivity contribution in [2.75, 3.05) is 26.3 Å². The maximum absolute atomic E-state index is 11.5. The predicted octanol–water partition coefficient (Wildman–Crippen LogP) is -0.105. The molecule has 0 aromatic heterocycles. The van der Waals surface area contributed by atoms with E-state index in [4.69, 9.17) is 9.57 Å². The van der Waals surface area contributed by atoms with Gasteiger partial charge in [-0.05, 0) is 6.42 Å². The van der Waals surface area contributed by atoms with Crippen LogP contribution < -0.4 is 5.32 Å². The summed E-state index contributed by atoms with van der Waals surface area (Å²) in [6, 6.07) is 0.210. The zero-order chi connectivity index (χ0) is 12.3. The molecule has 0 unspecified atom stereocenters. The summed E-state index contributed by atoms with van der Waals surface area (Å²) in [5, 5.41) is 13.9. The number of rotatable bonds is 3. The fraction of sp³-hybridized carbons (Fsp3) is 0.727. The van der Waals surface area contributed by atoms with Crippen LogP contribution in [0.1, 0.15) is 6.42 Å². The van der Waals surface area contributed by atoms with E-state index < -0.39 is 6.09 Å². The molecule has 2 aliphatic rings. The molecule has 17 heavy (non-hydrogen) atoms. The molecule has 0 aromatic rings. The Balaban J connectivity index is 1.79. The van der Waals surface area contributed by atoms with Gasteiger partial charge in [0.2, 0.25) is 0 Å². The molecule has 0 aromatic carbocycles. The second kappa shape index (κ2) is 5.48. The molecule has 0 aliphatic carbocycles. The number of hydrogen-bond donors (Lipinski definition) is 2. The number of nitrogens with one attached hydrogen (secondary N) is 1. The topological polar surface area (TPSA) is 71.0 Å². The van der Waals surface area contributed by atoms with Crippen molar-refractivity contribution in [2.24, 2.45) is 5.92 Å². The molecule has 2 fully saturated rings. The van der Waals surface area contributed by atoms with Gasteiger partial charge in [0.05, 0.1) is 19.3 Å². The minimum atomic E-state index is -0.481. The van der Waals surface area contributed by atoms with Crippen LogP contribution in [0.15, 0.2) is 12.7 Å². The number of nitrogens with zero attached hydrogens (tertiary/aromatic N) is 1. The Hall–Kier alpha value is -1.11. The minimum Gasteiger partial charge on any atom is -0.444 e. The van der Waals surface area contributed by atoms with E-state index >= 15 is 0 Å². The van der Waals surface area contributed by atoms with Gasteiger partial charge in [-0.2, -0.15) is 5.06 Å². The van der Waals surface area contributed by atoms with Gasteiger partial charge in [-0.25, -0.2) is 4.79 Å². The normalized spacial score (nSPS) is 32.8. The second-order valence-electron chi connectivity index (χ2n) is 4.39. The van der Waals surface area contributed by atoms with Crippen LogP contribution in [0.4, 0.5) is 4.79 Å². The summed E-state index contributed by atoms with van der Waals surface area (Å²) in [6.45, 7) is 5.25. The summed E-state index contributed by atoms with van der Waals surface area (Å²) < 4.78 is 4.88. The summed E-state index contributed by atoms with van der Waals surface area (Å²) in [5.74, 6) is 0.212. The van der Waals surface area contributed by atoms with E-state index in [0.717, 1.165) is 0 Å². The molecule has 6 nitrogen and oxygen atoms in total. The van der Waals surface area contributed by atoms with Crippen LogP contribution in [-0.4, -0.2) is 54.7 Å². The quantitative estimate of drug-likeness (QED) is 0.676. The van der Waals surface area contributed by atoms with Crippen molar-refractivity contribution in [3.05, 3.63) is 12.7 Å². The van der Waals surface area contributed by atoms with Crippen LogP contribution in [0.2, 0.25) is 0 Å². The second-order valence-corrected chi connectivity index (χ2v) is 4.39. The third-order valence-electron chi connectivity index (χ3n) is 3.08. The molecule has 0 saturated carbocycles. The fourth-order valence-corrected chi connectivity index (χ4v) is 2.18. The van der Waals surface area contributed by atoms with Gasteiger partial charge < -0.3 is 15.2 Å². The van der Waals surface area contributed by atoms with E-state index in [1.54, 1.807) is 0 Å². The van der Waals surface area contributed by atoms with Crippen molar-refractivity contribution in [3.8, 4) is 0 Å². The number of amides is 1. The number of hydroxylamine groups is 2. The highest BCUT2D eigenvalue weighted by atomic mass is 16.7. The number of β-amino-alcohol motifs (C(OH)–C–C–N with tert-alkyl or cyclic N) is 1. The van der Waals surface area contributed by atoms with E-state index in [9.17, 15) is 9.90 Å². The SMILES string of the molecule is C=CCOC(=O)N1C[C@@H]([C@@H]2C[C@@H](O)CN2)CO1. The molecule has 2 heterocycles. The van der Waals surface area contributed by atoms with E-state index in [1.165, 1.54) is 11.1 Å². The van der Waals surface area contributed by atoms with Crippen LogP contribution in [0.3, 0.4) is 0 Å². The molecule has 3 atom stereocenters. The molecular weight excluding hydrogens is 224 g/mol. The Morgan fingerprint density at radius 2 is 2.53 bits per heavy atom. The number of aliphatic hydroxyl groups is 1. The molecule has 0 bridgehead atoms. The number of hydrogen-bond acceptors (Lipinski definition) is 5. The van der Waals surface area contributed by atoms with Gasteiger partial charge in [-0.15, -0.1) is 0 Å². The van der Waals surface area contributed by atoms with Gasteiger partial charge in [-0.3, -0.25) is 4.84 Å². The Morgan fingerprint density at radius 1 is 1.71 bits per heavy atom. The Labute approximate surface area is 100 Å². The first-order valence-electron chi connectivity index (χ1n) is 5.80. The highest BCUT2D eigenvalue weighted by Crippen LogP contribution is 2.22. The highest BCUT2D eigenvalue weighted by Gasteiger charge is 2.37. The van der Waals surface area contributed by atoms with E-state index in [-0.39, 0.29) is 24.7 Å². The van der Waals surface area contributed by atoms with Crippen molar-refractivity contribution >= 4 is 6.09 Å². The van der Waals surface area contributed by atoms with E-state index in [1.807, 2.05) is 0 Å². The van der Waals surface area contributed by atoms with Gasteiger partial charge in [0.25, 0.3) is 0 Å². The molecule has 2 rings (SSSR count). The molecule has 0 radical (unpaired) electrons. The zero-order valence-electron chi connectivity index (χ0n) is 9.67. The number of carbonyl (C=O) groups is 1. The number of aliphatic hydroxyl groups excluding tert-OH is 1. The monoisotopic (exact) mass is 242 g/mol. The largest absolute Gasteiger partial charge is 0.444 e. The van der Waals surface area contributed by atoms with Crippen molar-refractivity contribution in [1.29, 1.82) is 0 Å². The minimum absolute atomic E-state index is 0.184. The smallest absolute Gasteiger partial charge is 0.434 e. The lowest BCUT2D eigenvalue weighted by molar-refractivity contribution is -0.0900.